The summed E-state index contributed by atoms with van der Waals surface area (Å²) in [6, 6.07) is 0.452. The van der Waals surface area contributed by atoms with Crippen molar-refractivity contribution in [1.29, 1.82) is 0 Å². The van der Waals surface area contributed by atoms with Gasteiger partial charge in [-0.2, -0.15) is 0 Å². The third kappa shape index (κ3) is 3.82. The molecule has 152 valence electrons. The van der Waals surface area contributed by atoms with Gasteiger partial charge in [-0.15, -0.1) is 0 Å². The summed E-state index contributed by atoms with van der Waals surface area (Å²) in [7, 11) is 0. The van der Waals surface area contributed by atoms with Gasteiger partial charge in [0.05, 0.1) is 9.30 Å². The van der Waals surface area contributed by atoms with Gasteiger partial charge in [-0.05, 0) is 83.6 Å². The molecule has 6 heteroatoms. The highest BCUT2D eigenvalue weighted by Crippen LogP contribution is 2.50. The van der Waals surface area contributed by atoms with Crippen molar-refractivity contribution in [1.82, 2.24) is 15.1 Å². The number of hydrogen-bond acceptors (Lipinski definition) is 4. The molecule has 1 spiro atoms. The monoisotopic (exact) mass is 382 g/mol. The second-order valence-corrected chi connectivity index (χ2v) is 9.42. The summed E-state index contributed by atoms with van der Waals surface area (Å²) in [4.78, 5) is 28.8. The Balaban J connectivity index is 1.20. The van der Waals surface area contributed by atoms with E-state index in [9.17, 15) is 9.59 Å². The van der Waals surface area contributed by atoms with Gasteiger partial charge in [0.1, 0.15) is 0 Å². The van der Waals surface area contributed by atoms with E-state index in [2.05, 4.69) is 21.9 Å². The minimum atomic E-state index is -3.01. The van der Waals surface area contributed by atoms with Crippen LogP contribution in [0.25, 0.3) is 0 Å². The maximum Gasteiger partial charge on any atom is 0.409 e. The Morgan fingerprint density at radius 1 is 1.22 bits per heavy atom. The number of ether oxygens (including phenoxy) is 1. The lowest BCUT2D eigenvalue weighted by atomic mass is 9.64. The first-order valence-corrected chi connectivity index (χ1v) is 10.4. The molecule has 2 heterocycles. The zero-order chi connectivity index (χ0) is 23.4. The summed E-state index contributed by atoms with van der Waals surface area (Å²) < 4.78 is 41.3. The van der Waals surface area contributed by atoms with Crippen LogP contribution in [0.3, 0.4) is 0 Å². The maximum absolute atomic E-state index is 12.6. The molecule has 2 saturated heterocycles. The van der Waals surface area contributed by atoms with E-state index in [0.29, 0.717) is 19.1 Å². The Bertz CT molecular complexity index is 741. The third-order valence-corrected chi connectivity index (χ3v) is 7.47. The molecule has 27 heavy (non-hydrogen) atoms. The standard InChI is InChI=1S/C21H35N3O3/c1-3-27-19(26)24-12-9-21(15-24)13-17(14-21)23-10-5-16(6-11-23)18(25)22-20(2)7-4-8-20/h16-17H,3-15H2,1-2H3,(H,22,25)/i1D3,3D2. The van der Waals surface area contributed by atoms with Crippen LogP contribution >= 0.6 is 0 Å². The van der Waals surface area contributed by atoms with Crippen LogP contribution in [0.15, 0.2) is 0 Å². The second kappa shape index (κ2) is 7.26. The van der Waals surface area contributed by atoms with Crippen molar-refractivity contribution in [3.05, 3.63) is 0 Å². The van der Waals surface area contributed by atoms with E-state index in [0.717, 1.165) is 58.0 Å². The first-order valence-electron chi connectivity index (χ1n) is 12.9. The van der Waals surface area contributed by atoms with Crippen LogP contribution in [-0.4, -0.2) is 66.1 Å². The molecule has 1 N–H and O–H groups in total. The van der Waals surface area contributed by atoms with Gasteiger partial charge >= 0.3 is 6.09 Å². The van der Waals surface area contributed by atoms with E-state index in [1.165, 1.54) is 11.3 Å². The van der Waals surface area contributed by atoms with Crippen molar-refractivity contribution >= 4 is 12.0 Å². The average molecular weight is 383 g/mol. The Morgan fingerprint density at radius 3 is 2.59 bits per heavy atom. The number of nitrogens with zero attached hydrogens (tertiary/aromatic N) is 2. The minimum absolute atomic E-state index is 0.00709. The zero-order valence-electron chi connectivity index (χ0n) is 21.3. The van der Waals surface area contributed by atoms with Gasteiger partial charge in [-0.25, -0.2) is 4.79 Å². The molecule has 4 aliphatic rings. The van der Waals surface area contributed by atoms with Crippen molar-refractivity contribution in [2.24, 2.45) is 11.3 Å². The maximum atomic E-state index is 12.6. The van der Waals surface area contributed by atoms with Crippen LogP contribution < -0.4 is 5.32 Å². The molecule has 4 fully saturated rings. The summed E-state index contributed by atoms with van der Waals surface area (Å²) in [6.45, 7) is -1.09. The fourth-order valence-corrected chi connectivity index (χ4v) is 5.49. The van der Waals surface area contributed by atoms with Crippen LogP contribution in [-0.2, 0) is 9.53 Å². The highest BCUT2D eigenvalue weighted by Gasteiger charge is 2.51. The van der Waals surface area contributed by atoms with Gasteiger partial charge in [-0.1, -0.05) is 0 Å². The number of amides is 2. The normalized spacial score (nSPS) is 37.1. The molecule has 0 bridgehead atoms. The van der Waals surface area contributed by atoms with E-state index < -0.39 is 19.5 Å². The highest BCUT2D eigenvalue weighted by atomic mass is 16.6. The van der Waals surface area contributed by atoms with Crippen LogP contribution in [0, 0.1) is 11.3 Å². The molecule has 2 amide bonds. The molecular formula is C21H35N3O3. The van der Waals surface area contributed by atoms with Gasteiger partial charge in [0.2, 0.25) is 5.91 Å². The number of hydrogen-bond donors (Lipinski definition) is 1. The molecular weight excluding hydrogens is 342 g/mol. The Labute approximate surface area is 170 Å². The molecule has 0 atom stereocenters. The number of piperidine rings is 1. The van der Waals surface area contributed by atoms with Crippen LogP contribution in [0.2, 0.25) is 0 Å². The predicted octanol–water partition coefficient (Wildman–Crippen LogP) is 2.77. The topological polar surface area (TPSA) is 61.9 Å². The Morgan fingerprint density at radius 2 is 1.96 bits per heavy atom. The van der Waals surface area contributed by atoms with E-state index >= 15 is 0 Å². The lowest BCUT2D eigenvalue weighted by molar-refractivity contribution is -0.130. The number of nitrogens with one attached hydrogen (secondary N) is 1. The predicted molar refractivity (Wildman–Crippen MR) is 103 cm³/mol. The van der Waals surface area contributed by atoms with E-state index in [1.807, 2.05) is 0 Å². The highest BCUT2D eigenvalue weighted by molar-refractivity contribution is 5.79. The van der Waals surface area contributed by atoms with Gasteiger partial charge < -0.3 is 19.9 Å². The molecule has 2 aliphatic heterocycles. The molecule has 0 aromatic heterocycles. The van der Waals surface area contributed by atoms with Crippen LogP contribution in [0.4, 0.5) is 4.79 Å². The van der Waals surface area contributed by atoms with E-state index in [1.54, 1.807) is 0 Å². The number of carbonyl (C=O) groups is 2. The van der Waals surface area contributed by atoms with Crippen molar-refractivity contribution in [3.8, 4) is 0 Å². The summed E-state index contributed by atoms with van der Waals surface area (Å²) in [5, 5.41) is 3.25. The molecule has 2 aliphatic carbocycles. The fraction of sp³-hybridized carbons (Fsp3) is 0.905. The summed E-state index contributed by atoms with van der Waals surface area (Å²) >= 11 is 0. The Hall–Kier alpha value is -1.30. The lowest BCUT2D eigenvalue weighted by Crippen LogP contribution is -2.56. The third-order valence-electron chi connectivity index (χ3n) is 7.47. The number of likely N-dealkylation sites (tertiary alicyclic amines) is 2. The zero-order valence-corrected chi connectivity index (χ0v) is 16.3. The van der Waals surface area contributed by atoms with Crippen LogP contribution in [0.1, 0.15) is 72.0 Å². The summed E-state index contributed by atoms with van der Waals surface area (Å²) in [5.74, 6) is 0.307. The minimum Gasteiger partial charge on any atom is -0.450 e. The SMILES string of the molecule is [2H]C([2H])([2H])C([2H])([2H])OC(=O)N1CCC2(CC(N3CCC(C(=O)NC4(C)CCC4)CC3)C2)C1. The second-order valence-electron chi connectivity index (χ2n) is 9.42. The van der Waals surface area contributed by atoms with Gasteiger partial charge in [-0.3, -0.25) is 4.79 Å². The van der Waals surface area contributed by atoms with E-state index in [-0.39, 0.29) is 22.8 Å². The first kappa shape index (κ1) is 13.8. The molecule has 6 nitrogen and oxygen atoms in total. The van der Waals surface area contributed by atoms with Crippen molar-refractivity contribution in [2.75, 3.05) is 32.7 Å². The van der Waals surface area contributed by atoms with Crippen molar-refractivity contribution < 1.29 is 21.2 Å². The largest absolute Gasteiger partial charge is 0.450 e. The molecule has 0 aromatic carbocycles. The lowest BCUT2D eigenvalue weighted by Gasteiger charge is -2.51. The molecule has 0 radical (unpaired) electrons. The number of rotatable bonds is 4. The van der Waals surface area contributed by atoms with Gasteiger partial charge in [0.15, 0.2) is 0 Å². The molecule has 0 unspecified atom stereocenters. The van der Waals surface area contributed by atoms with Crippen LogP contribution in [0.5, 0.6) is 0 Å². The Kier molecular flexibility index (Phi) is 3.71. The molecule has 0 aromatic rings. The van der Waals surface area contributed by atoms with E-state index in [4.69, 9.17) is 6.85 Å². The molecule has 4 rings (SSSR count). The number of carbonyl (C=O) groups excluding carboxylic acids is 2. The van der Waals surface area contributed by atoms with Crippen molar-refractivity contribution in [2.45, 2.75) is 76.7 Å². The fourth-order valence-electron chi connectivity index (χ4n) is 5.49. The quantitative estimate of drug-likeness (QED) is 0.812. The van der Waals surface area contributed by atoms with Gasteiger partial charge in [0.25, 0.3) is 0 Å². The smallest absolute Gasteiger partial charge is 0.409 e. The first-order chi connectivity index (χ1) is 14.8. The summed E-state index contributed by atoms with van der Waals surface area (Å²) in [5.41, 5.74) is 0.0244. The van der Waals surface area contributed by atoms with Gasteiger partial charge in [0, 0.05) is 34.7 Å². The average Bonchev–Trinajstić information content (AvgIpc) is 3.10. The summed E-state index contributed by atoms with van der Waals surface area (Å²) in [6.07, 6.45) is 6.99. The molecule has 2 saturated carbocycles. The van der Waals surface area contributed by atoms with Crippen molar-refractivity contribution in [3.63, 3.8) is 0 Å².